The zero-order chi connectivity index (χ0) is 22.0. The largest absolute Gasteiger partial charge is 0.467 e. The van der Waals surface area contributed by atoms with Gasteiger partial charge in [-0.25, -0.2) is 18.1 Å². The highest BCUT2D eigenvalue weighted by atomic mass is 32.2. The molecule has 3 aliphatic heterocycles. The van der Waals surface area contributed by atoms with Crippen LogP contribution in [0.2, 0.25) is 0 Å². The van der Waals surface area contributed by atoms with Gasteiger partial charge in [0.05, 0.1) is 24.0 Å². The van der Waals surface area contributed by atoms with Crippen LogP contribution in [0.1, 0.15) is 63.9 Å². The second-order valence-electron chi connectivity index (χ2n) is 9.11. The maximum Gasteiger partial charge on any atom is 0.260 e. The number of amides is 1. The van der Waals surface area contributed by atoms with Gasteiger partial charge >= 0.3 is 0 Å². The lowest BCUT2D eigenvalue weighted by molar-refractivity contribution is -0.140. The summed E-state index contributed by atoms with van der Waals surface area (Å²) in [6.45, 7) is 4.11. The fourth-order valence-electron chi connectivity index (χ4n) is 4.88. The van der Waals surface area contributed by atoms with Crippen molar-refractivity contribution in [1.29, 1.82) is 0 Å². The number of piperidine rings is 1. The summed E-state index contributed by atoms with van der Waals surface area (Å²) < 4.78 is 40.1. The summed E-state index contributed by atoms with van der Waals surface area (Å²) in [5.41, 5.74) is 1.06. The maximum absolute atomic E-state index is 13.1. The highest BCUT2D eigenvalue weighted by molar-refractivity contribution is 7.90. The molecule has 1 saturated heterocycles. The number of nitrogens with one attached hydrogen (secondary N) is 1. The van der Waals surface area contributed by atoms with E-state index in [1.54, 1.807) is 24.9 Å². The van der Waals surface area contributed by atoms with Crippen molar-refractivity contribution in [3.05, 3.63) is 23.9 Å². The monoisotopic (exact) mass is 451 g/mol. The van der Waals surface area contributed by atoms with Crippen molar-refractivity contribution in [3.8, 4) is 5.88 Å². The lowest BCUT2D eigenvalue weighted by Gasteiger charge is -2.42. The van der Waals surface area contributed by atoms with E-state index in [2.05, 4.69) is 9.71 Å². The molecule has 1 aliphatic carbocycles. The van der Waals surface area contributed by atoms with Gasteiger partial charge in [0.15, 0.2) is 6.61 Å². The number of nitrogens with zero attached hydrogens (tertiary/aromatic N) is 2. The van der Waals surface area contributed by atoms with E-state index in [0.717, 1.165) is 37.7 Å². The minimum absolute atomic E-state index is 0.111. The molecular formula is C22H33N3O5S. The van der Waals surface area contributed by atoms with Crippen molar-refractivity contribution in [1.82, 2.24) is 14.6 Å². The Morgan fingerprint density at radius 1 is 1.19 bits per heavy atom. The van der Waals surface area contributed by atoms with Crippen LogP contribution in [0.5, 0.6) is 5.88 Å². The van der Waals surface area contributed by atoms with Gasteiger partial charge in [0.1, 0.15) is 0 Å². The van der Waals surface area contributed by atoms with Crippen molar-refractivity contribution in [2.75, 3.05) is 19.8 Å². The summed E-state index contributed by atoms with van der Waals surface area (Å²) in [5.74, 6) is 0.725. The number of hydrogen-bond acceptors (Lipinski definition) is 6. The topological polar surface area (TPSA) is 97.8 Å². The first-order valence-corrected chi connectivity index (χ1v) is 12.9. The fourth-order valence-corrected chi connectivity index (χ4v) is 5.85. The number of ether oxygens (including phenoxy) is 2. The van der Waals surface area contributed by atoms with E-state index >= 15 is 0 Å². The van der Waals surface area contributed by atoms with Gasteiger partial charge in [-0.1, -0.05) is 6.07 Å². The van der Waals surface area contributed by atoms with E-state index in [1.807, 2.05) is 12.1 Å². The van der Waals surface area contributed by atoms with E-state index in [9.17, 15) is 13.2 Å². The molecule has 172 valence electrons. The number of rotatable bonds is 3. The molecule has 8 nitrogen and oxygen atoms in total. The second kappa shape index (κ2) is 9.42. The van der Waals surface area contributed by atoms with Crippen molar-refractivity contribution >= 4 is 15.9 Å². The third-order valence-electron chi connectivity index (χ3n) is 6.79. The van der Waals surface area contributed by atoms with E-state index < -0.39 is 15.3 Å². The Labute approximate surface area is 184 Å². The molecule has 1 saturated carbocycles. The van der Waals surface area contributed by atoms with Gasteiger partial charge < -0.3 is 14.4 Å². The summed E-state index contributed by atoms with van der Waals surface area (Å²) in [4.78, 5) is 19.3. The van der Waals surface area contributed by atoms with Gasteiger partial charge in [0.2, 0.25) is 15.9 Å². The molecule has 2 atom stereocenters. The molecule has 0 spiro atoms. The molecule has 2 bridgehead atoms. The quantitative estimate of drug-likeness (QED) is 0.757. The summed E-state index contributed by atoms with van der Waals surface area (Å²) in [5, 5.41) is -0.532. The van der Waals surface area contributed by atoms with Crippen molar-refractivity contribution in [3.63, 3.8) is 0 Å². The van der Waals surface area contributed by atoms with Crippen molar-refractivity contribution in [2.45, 2.75) is 81.7 Å². The van der Waals surface area contributed by atoms with E-state index in [-0.39, 0.29) is 30.7 Å². The third-order valence-corrected chi connectivity index (χ3v) is 8.66. The lowest BCUT2D eigenvalue weighted by Crippen LogP contribution is -2.60. The maximum atomic E-state index is 13.1. The van der Waals surface area contributed by atoms with Gasteiger partial charge in [0.25, 0.3) is 5.91 Å². The van der Waals surface area contributed by atoms with E-state index in [4.69, 9.17) is 9.47 Å². The zero-order valence-corrected chi connectivity index (χ0v) is 19.1. The Hall–Kier alpha value is -1.71. The molecule has 0 aromatic carbocycles. The molecule has 1 aromatic rings. The molecule has 9 heteroatoms. The molecule has 1 amide bonds. The zero-order valence-electron chi connectivity index (χ0n) is 18.3. The Kier molecular flexibility index (Phi) is 6.83. The molecule has 1 unspecified atom stereocenters. The predicted molar refractivity (Wildman–Crippen MR) is 116 cm³/mol. The minimum atomic E-state index is -3.46. The van der Waals surface area contributed by atoms with Crippen LogP contribution < -0.4 is 9.46 Å². The van der Waals surface area contributed by atoms with Gasteiger partial charge in [0, 0.05) is 24.3 Å². The predicted octanol–water partition coefficient (Wildman–Crippen LogP) is 2.20. The first-order chi connectivity index (χ1) is 14.8. The number of carbonyl (C=O) groups excluding carboxylic acids is 1. The summed E-state index contributed by atoms with van der Waals surface area (Å²) >= 11 is 0. The molecule has 5 rings (SSSR count). The highest BCUT2D eigenvalue weighted by Gasteiger charge is 2.38. The number of aromatic nitrogens is 1. The molecule has 1 N–H and O–H groups in total. The molecule has 4 heterocycles. The van der Waals surface area contributed by atoms with Crippen LogP contribution in [0.3, 0.4) is 0 Å². The van der Waals surface area contributed by atoms with E-state index in [0.29, 0.717) is 31.4 Å². The lowest BCUT2D eigenvalue weighted by atomic mass is 9.83. The van der Waals surface area contributed by atoms with Gasteiger partial charge in [-0.2, -0.15) is 0 Å². The third kappa shape index (κ3) is 5.04. The van der Waals surface area contributed by atoms with Crippen LogP contribution in [0.4, 0.5) is 0 Å². The Morgan fingerprint density at radius 2 is 1.97 bits per heavy atom. The van der Waals surface area contributed by atoms with Gasteiger partial charge in [-0.3, -0.25) is 4.79 Å². The molecule has 0 radical (unpaired) electrons. The summed E-state index contributed by atoms with van der Waals surface area (Å²) in [6, 6.07) is 3.24. The molecule has 31 heavy (non-hydrogen) atoms. The van der Waals surface area contributed by atoms with Crippen LogP contribution in [-0.4, -0.2) is 67.4 Å². The Balaban J connectivity index is 1.60. The van der Waals surface area contributed by atoms with Crippen LogP contribution in [-0.2, 0) is 19.6 Å². The number of carbonyl (C=O) groups is 1. The smallest absolute Gasteiger partial charge is 0.260 e. The molecule has 4 aliphatic rings. The fraction of sp³-hybridized carbons (Fsp3) is 0.727. The van der Waals surface area contributed by atoms with Crippen LogP contribution >= 0.6 is 0 Å². The minimum Gasteiger partial charge on any atom is -0.467 e. The summed E-state index contributed by atoms with van der Waals surface area (Å²) in [7, 11) is -3.46. The molecule has 1 aromatic heterocycles. The first kappa shape index (κ1) is 22.5. The van der Waals surface area contributed by atoms with Gasteiger partial charge in [-0.05, 0) is 64.4 Å². The normalized spacial score (nSPS) is 29.9. The summed E-state index contributed by atoms with van der Waals surface area (Å²) in [6.07, 6.45) is 7.06. The number of fused-ring (bicyclic) bond motifs is 5. The standard InChI is InChI=1S/C22H33N3O5S/c1-15(2)31(27,28)24-19-6-4-12-25-20(19)13-29-17-9-7-16(8-10-17)18-5-3-11-23-22(18)30-14-21(25)26/h3,5,11,15-17,19-20,24H,4,6-10,12-14H2,1-2H3/t16?,17?,19-,20?/m0/s1. The Bertz CT molecular complexity index is 883. The average molecular weight is 452 g/mol. The average Bonchev–Trinajstić information content (AvgIpc) is 2.77. The van der Waals surface area contributed by atoms with Crippen molar-refractivity contribution in [2.24, 2.45) is 0 Å². The molecular weight excluding hydrogens is 418 g/mol. The van der Waals surface area contributed by atoms with Crippen molar-refractivity contribution < 1.29 is 22.7 Å². The first-order valence-electron chi connectivity index (χ1n) is 11.3. The number of hydrogen-bond donors (Lipinski definition) is 1. The Morgan fingerprint density at radius 3 is 2.71 bits per heavy atom. The van der Waals surface area contributed by atoms with Crippen LogP contribution in [0.25, 0.3) is 0 Å². The number of sulfonamides is 1. The van der Waals surface area contributed by atoms with Gasteiger partial charge in [-0.15, -0.1) is 0 Å². The highest BCUT2D eigenvalue weighted by Crippen LogP contribution is 2.38. The van der Waals surface area contributed by atoms with E-state index in [1.165, 1.54) is 0 Å². The second-order valence-corrected chi connectivity index (χ2v) is 11.4. The van der Waals surface area contributed by atoms with Crippen LogP contribution in [0, 0.1) is 0 Å². The van der Waals surface area contributed by atoms with Crippen LogP contribution in [0.15, 0.2) is 18.3 Å². The number of pyridine rings is 1. The molecule has 2 fully saturated rings. The SMILES string of the molecule is CC(C)S(=O)(=O)N[C@H]1CCCN2C(=O)COc3ncccc3C3CCC(CC3)OCC12.